The Bertz CT molecular complexity index is 410. The highest BCUT2D eigenvalue weighted by atomic mass is 16.5. The van der Waals surface area contributed by atoms with Gasteiger partial charge in [-0.25, -0.2) is 4.98 Å². The topological polar surface area (TPSA) is 50.3 Å². The Morgan fingerprint density at radius 1 is 1.42 bits per heavy atom. The van der Waals surface area contributed by atoms with E-state index < -0.39 is 0 Å². The van der Waals surface area contributed by atoms with Crippen molar-refractivity contribution in [2.24, 2.45) is 0 Å². The standard InChI is InChI=1S/C14H24N4O/c1-11-10-13(19-3)17-14(16-11)18-9-5-4-6-12(18)7-8-15-2/h10,12,15H,4-9H2,1-3H3. The van der Waals surface area contributed by atoms with E-state index in [0.717, 1.165) is 31.2 Å². The van der Waals surface area contributed by atoms with E-state index in [2.05, 4.69) is 20.2 Å². The summed E-state index contributed by atoms with van der Waals surface area (Å²) in [5.41, 5.74) is 0.958. The van der Waals surface area contributed by atoms with Crippen LogP contribution >= 0.6 is 0 Å². The van der Waals surface area contributed by atoms with Crippen molar-refractivity contribution in [3.05, 3.63) is 11.8 Å². The second kappa shape index (κ2) is 6.70. The van der Waals surface area contributed by atoms with Gasteiger partial charge in [0, 0.05) is 24.3 Å². The number of nitrogens with zero attached hydrogens (tertiary/aromatic N) is 3. The lowest BCUT2D eigenvalue weighted by molar-refractivity contribution is 0.390. The summed E-state index contributed by atoms with van der Waals surface area (Å²) in [6.45, 7) is 4.06. The molecule has 1 aromatic heterocycles. The number of aromatic nitrogens is 2. The van der Waals surface area contributed by atoms with Gasteiger partial charge in [-0.3, -0.25) is 0 Å². The number of anilines is 1. The molecule has 0 amide bonds. The number of rotatable bonds is 5. The normalized spacial score (nSPS) is 19.5. The number of piperidine rings is 1. The molecule has 0 bridgehead atoms. The Morgan fingerprint density at radius 2 is 2.26 bits per heavy atom. The summed E-state index contributed by atoms with van der Waals surface area (Å²) in [5, 5.41) is 3.23. The molecule has 1 aromatic rings. The molecule has 106 valence electrons. The molecule has 2 heterocycles. The summed E-state index contributed by atoms with van der Waals surface area (Å²) in [6.07, 6.45) is 4.88. The maximum absolute atomic E-state index is 5.25. The molecule has 1 unspecified atom stereocenters. The van der Waals surface area contributed by atoms with Crippen LogP contribution in [0.5, 0.6) is 5.88 Å². The van der Waals surface area contributed by atoms with Crippen molar-refractivity contribution in [2.75, 3.05) is 32.1 Å². The van der Waals surface area contributed by atoms with Crippen LogP contribution in [0.15, 0.2) is 6.07 Å². The molecular weight excluding hydrogens is 240 g/mol. The number of nitrogens with one attached hydrogen (secondary N) is 1. The summed E-state index contributed by atoms with van der Waals surface area (Å²) in [5.74, 6) is 1.47. The fraction of sp³-hybridized carbons (Fsp3) is 0.714. The minimum atomic E-state index is 0.535. The van der Waals surface area contributed by atoms with E-state index >= 15 is 0 Å². The number of hydrogen-bond donors (Lipinski definition) is 1. The van der Waals surface area contributed by atoms with Crippen molar-refractivity contribution in [2.45, 2.75) is 38.6 Å². The molecule has 1 N–H and O–H groups in total. The molecule has 1 atom stereocenters. The molecule has 2 rings (SSSR count). The van der Waals surface area contributed by atoms with Crippen LogP contribution in [-0.2, 0) is 0 Å². The third kappa shape index (κ3) is 3.56. The van der Waals surface area contributed by atoms with E-state index in [1.54, 1.807) is 7.11 Å². The van der Waals surface area contributed by atoms with Crippen molar-refractivity contribution in [1.82, 2.24) is 15.3 Å². The van der Waals surface area contributed by atoms with Crippen LogP contribution in [-0.4, -0.2) is 43.3 Å². The molecule has 0 aromatic carbocycles. The predicted molar refractivity (Wildman–Crippen MR) is 76.8 cm³/mol. The highest BCUT2D eigenvalue weighted by Crippen LogP contribution is 2.25. The molecule has 1 aliphatic heterocycles. The first kappa shape index (κ1) is 14.1. The average molecular weight is 264 g/mol. The van der Waals surface area contributed by atoms with Gasteiger partial charge in [0.1, 0.15) is 0 Å². The molecule has 5 heteroatoms. The van der Waals surface area contributed by atoms with Crippen molar-refractivity contribution >= 4 is 5.95 Å². The van der Waals surface area contributed by atoms with E-state index in [-0.39, 0.29) is 0 Å². The van der Waals surface area contributed by atoms with Gasteiger partial charge >= 0.3 is 0 Å². The van der Waals surface area contributed by atoms with Gasteiger partial charge in [-0.1, -0.05) is 0 Å². The second-order valence-electron chi connectivity index (χ2n) is 5.09. The lowest BCUT2D eigenvalue weighted by atomic mass is 10.00. The zero-order chi connectivity index (χ0) is 13.7. The lowest BCUT2D eigenvalue weighted by Gasteiger charge is -2.36. The van der Waals surface area contributed by atoms with Crippen molar-refractivity contribution in [1.29, 1.82) is 0 Å². The molecule has 0 radical (unpaired) electrons. The van der Waals surface area contributed by atoms with Crippen LogP contribution in [0, 0.1) is 6.92 Å². The maximum Gasteiger partial charge on any atom is 0.229 e. The van der Waals surface area contributed by atoms with Gasteiger partial charge in [0.15, 0.2) is 0 Å². The van der Waals surface area contributed by atoms with E-state index in [1.165, 1.54) is 19.3 Å². The van der Waals surface area contributed by atoms with Gasteiger partial charge in [0.05, 0.1) is 7.11 Å². The van der Waals surface area contributed by atoms with Gasteiger partial charge in [0.2, 0.25) is 11.8 Å². The zero-order valence-electron chi connectivity index (χ0n) is 12.1. The molecular formula is C14H24N4O. The number of hydrogen-bond acceptors (Lipinski definition) is 5. The van der Waals surface area contributed by atoms with Crippen LogP contribution in [0.1, 0.15) is 31.4 Å². The van der Waals surface area contributed by atoms with E-state index in [9.17, 15) is 0 Å². The monoisotopic (exact) mass is 264 g/mol. The quantitative estimate of drug-likeness (QED) is 0.878. The van der Waals surface area contributed by atoms with Crippen LogP contribution in [0.25, 0.3) is 0 Å². The van der Waals surface area contributed by atoms with Crippen molar-refractivity contribution in [3.63, 3.8) is 0 Å². The molecule has 1 fully saturated rings. The van der Waals surface area contributed by atoms with Crippen molar-refractivity contribution < 1.29 is 4.74 Å². The third-order valence-corrected chi connectivity index (χ3v) is 3.64. The first-order chi connectivity index (χ1) is 9.24. The summed E-state index contributed by atoms with van der Waals surface area (Å²) in [6, 6.07) is 2.41. The number of methoxy groups -OCH3 is 1. The molecule has 1 saturated heterocycles. The Balaban J connectivity index is 2.18. The van der Waals surface area contributed by atoms with Crippen molar-refractivity contribution in [3.8, 4) is 5.88 Å². The Morgan fingerprint density at radius 3 is 3.00 bits per heavy atom. The van der Waals surface area contributed by atoms with Crippen LogP contribution in [0.4, 0.5) is 5.95 Å². The number of ether oxygens (including phenoxy) is 1. The van der Waals surface area contributed by atoms with Crippen LogP contribution < -0.4 is 15.0 Å². The average Bonchev–Trinajstić information content (AvgIpc) is 2.44. The molecule has 0 spiro atoms. The van der Waals surface area contributed by atoms with Gasteiger partial charge < -0.3 is 15.0 Å². The summed E-state index contributed by atoms with van der Waals surface area (Å²) >= 11 is 0. The van der Waals surface area contributed by atoms with E-state index in [0.29, 0.717) is 11.9 Å². The Kier molecular flexibility index (Phi) is 4.96. The van der Waals surface area contributed by atoms with Gasteiger partial charge in [-0.2, -0.15) is 4.98 Å². The van der Waals surface area contributed by atoms with Crippen LogP contribution in [0.3, 0.4) is 0 Å². The first-order valence-electron chi connectivity index (χ1n) is 7.05. The molecule has 1 aliphatic rings. The lowest BCUT2D eigenvalue weighted by Crippen LogP contribution is -2.42. The van der Waals surface area contributed by atoms with E-state index in [1.807, 2.05) is 20.0 Å². The highest BCUT2D eigenvalue weighted by Gasteiger charge is 2.24. The fourth-order valence-corrected chi connectivity index (χ4v) is 2.63. The maximum atomic E-state index is 5.25. The molecule has 0 saturated carbocycles. The molecule has 5 nitrogen and oxygen atoms in total. The van der Waals surface area contributed by atoms with Gasteiger partial charge in [-0.15, -0.1) is 0 Å². The molecule has 0 aliphatic carbocycles. The van der Waals surface area contributed by atoms with E-state index in [4.69, 9.17) is 4.74 Å². The van der Waals surface area contributed by atoms with Gasteiger partial charge in [0.25, 0.3) is 0 Å². The minimum Gasteiger partial charge on any atom is -0.481 e. The predicted octanol–water partition coefficient (Wildman–Crippen LogP) is 1.76. The zero-order valence-corrected chi connectivity index (χ0v) is 12.1. The Hall–Kier alpha value is -1.36. The third-order valence-electron chi connectivity index (χ3n) is 3.64. The highest BCUT2D eigenvalue weighted by molar-refractivity contribution is 5.36. The first-order valence-corrected chi connectivity index (χ1v) is 7.05. The number of aryl methyl sites for hydroxylation is 1. The summed E-state index contributed by atoms with van der Waals surface area (Å²) in [7, 11) is 3.65. The minimum absolute atomic E-state index is 0.535. The second-order valence-corrected chi connectivity index (χ2v) is 5.09. The summed E-state index contributed by atoms with van der Waals surface area (Å²) in [4.78, 5) is 11.4. The van der Waals surface area contributed by atoms with Gasteiger partial charge in [-0.05, 0) is 46.2 Å². The van der Waals surface area contributed by atoms with Crippen LogP contribution in [0.2, 0.25) is 0 Å². The largest absolute Gasteiger partial charge is 0.481 e. The SMILES string of the molecule is CNCCC1CCCCN1c1nc(C)cc(OC)n1. The fourth-order valence-electron chi connectivity index (χ4n) is 2.63. The smallest absolute Gasteiger partial charge is 0.229 e. The Labute approximate surface area is 115 Å². The molecule has 19 heavy (non-hydrogen) atoms. The summed E-state index contributed by atoms with van der Waals surface area (Å²) < 4.78 is 5.25.